The summed E-state index contributed by atoms with van der Waals surface area (Å²) in [5.41, 5.74) is 8.06. The molecule has 1 aromatic heterocycles. The first-order valence-corrected chi connectivity index (χ1v) is 10.9. The second-order valence-electron chi connectivity index (χ2n) is 8.07. The number of nitrogens with one attached hydrogen (secondary N) is 2. The molecule has 1 atom stereocenters. The van der Waals surface area contributed by atoms with Gasteiger partial charge in [-0.25, -0.2) is 14.4 Å². The molecule has 1 unspecified atom stereocenters. The Morgan fingerprint density at radius 1 is 1.34 bits per heavy atom. The maximum Gasteiger partial charge on any atom is 0.210 e. The number of halogens is 1. The lowest BCUT2D eigenvalue weighted by Gasteiger charge is -2.17. The number of nitrogens with zero attached hydrogens (tertiary/aromatic N) is 3. The van der Waals surface area contributed by atoms with Crippen LogP contribution in [-0.4, -0.2) is 40.2 Å². The molecule has 0 radical (unpaired) electrons. The predicted molar refractivity (Wildman–Crippen MR) is 117 cm³/mol. The maximum absolute atomic E-state index is 14.0. The Kier molecular flexibility index (Phi) is 8.64. The zero-order valence-corrected chi connectivity index (χ0v) is 18.5. The van der Waals surface area contributed by atoms with Gasteiger partial charge in [-0.1, -0.05) is 13.0 Å². The van der Waals surface area contributed by atoms with E-state index in [4.69, 9.17) is 4.74 Å². The normalized spacial score (nSPS) is 14.1. The van der Waals surface area contributed by atoms with Crippen molar-refractivity contribution in [2.45, 2.75) is 52.2 Å². The molecular formula is C23H30FN5O3. The molecule has 2 aromatic rings. The Hall–Kier alpha value is -2.91. The van der Waals surface area contributed by atoms with E-state index in [0.717, 1.165) is 24.0 Å². The molecule has 1 fully saturated rings. The topological polar surface area (TPSA) is 96.5 Å². The second-order valence-corrected chi connectivity index (χ2v) is 8.07. The van der Waals surface area contributed by atoms with E-state index in [2.05, 4.69) is 20.8 Å². The lowest BCUT2D eigenvalue weighted by Crippen LogP contribution is -2.33. The average Bonchev–Trinajstić information content (AvgIpc) is 3.63. The van der Waals surface area contributed by atoms with Gasteiger partial charge in [-0.05, 0) is 43.4 Å². The molecule has 172 valence electrons. The van der Waals surface area contributed by atoms with Gasteiger partial charge >= 0.3 is 0 Å². The van der Waals surface area contributed by atoms with Crippen molar-refractivity contribution in [3.63, 3.8) is 0 Å². The van der Waals surface area contributed by atoms with Crippen LogP contribution >= 0.6 is 0 Å². The van der Waals surface area contributed by atoms with Crippen LogP contribution in [0.4, 0.5) is 4.39 Å². The van der Waals surface area contributed by atoms with Crippen LogP contribution in [-0.2, 0) is 22.7 Å². The van der Waals surface area contributed by atoms with Crippen molar-refractivity contribution in [3.8, 4) is 5.75 Å². The van der Waals surface area contributed by atoms with Gasteiger partial charge in [0, 0.05) is 37.0 Å². The van der Waals surface area contributed by atoms with Crippen LogP contribution in [0.1, 0.15) is 56.1 Å². The van der Waals surface area contributed by atoms with Gasteiger partial charge in [0.25, 0.3) is 0 Å². The van der Waals surface area contributed by atoms with Crippen molar-refractivity contribution >= 4 is 12.2 Å². The van der Waals surface area contributed by atoms with E-state index in [1.807, 2.05) is 6.92 Å². The maximum atomic E-state index is 14.0. The van der Waals surface area contributed by atoms with Gasteiger partial charge in [0.2, 0.25) is 6.41 Å². The summed E-state index contributed by atoms with van der Waals surface area (Å²) in [7, 11) is 0. The lowest BCUT2D eigenvalue weighted by atomic mass is 10.1. The van der Waals surface area contributed by atoms with Crippen molar-refractivity contribution in [3.05, 3.63) is 53.4 Å². The van der Waals surface area contributed by atoms with Crippen molar-refractivity contribution < 1.29 is 18.7 Å². The van der Waals surface area contributed by atoms with Gasteiger partial charge < -0.3 is 9.64 Å². The summed E-state index contributed by atoms with van der Waals surface area (Å²) in [5, 5.41) is 0. The molecule has 1 saturated carbocycles. The highest BCUT2D eigenvalue weighted by Crippen LogP contribution is 2.31. The number of hydrogen-bond donors (Lipinski definition) is 2. The quantitative estimate of drug-likeness (QED) is 0.342. The number of hydrazine groups is 1. The first-order valence-electron chi connectivity index (χ1n) is 10.9. The number of aromatic nitrogens is 2. The molecule has 1 aliphatic carbocycles. The molecule has 1 heterocycles. The van der Waals surface area contributed by atoms with Gasteiger partial charge in [-0.15, -0.1) is 0 Å². The first kappa shape index (κ1) is 23.7. The average molecular weight is 444 g/mol. The van der Waals surface area contributed by atoms with E-state index in [-0.39, 0.29) is 36.5 Å². The molecule has 1 aromatic carbocycles. The fourth-order valence-electron chi connectivity index (χ4n) is 2.99. The highest BCUT2D eigenvalue weighted by Gasteiger charge is 2.22. The largest absolute Gasteiger partial charge is 0.490 e. The van der Waals surface area contributed by atoms with Crippen molar-refractivity contribution in [1.29, 1.82) is 0 Å². The van der Waals surface area contributed by atoms with E-state index in [0.29, 0.717) is 37.7 Å². The summed E-state index contributed by atoms with van der Waals surface area (Å²) in [4.78, 5) is 32.5. The van der Waals surface area contributed by atoms with Gasteiger partial charge in [-0.3, -0.25) is 20.4 Å². The summed E-state index contributed by atoms with van der Waals surface area (Å²) in [6, 6.07) is 4.82. The van der Waals surface area contributed by atoms with E-state index in [1.165, 1.54) is 11.0 Å². The monoisotopic (exact) mass is 443 g/mol. The molecule has 0 aliphatic heterocycles. The third-order valence-electron chi connectivity index (χ3n) is 5.26. The lowest BCUT2D eigenvalue weighted by molar-refractivity contribution is -0.127. The standard InChI is InChI=1S/C23H30FN5O3/c1-3-20(31)12-29(15-30)13-23-25-9-18(10-26-23)11-27-28-16(2)19-6-7-21(24)22(8-19)32-14-17-4-5-17/h6-10,15-17,27-28H,3-5,11-14H2,1-2H3. The molecule has 9 heteroatoms. The number of benzene rings is 1. The van der Waals surface area contributed by atoms with E-state index >= 15 is 0 Å². The van der Waals surface area contributed by atoms with Gasteiger partial charge in [0.15, 0.2) is 17.3 Å². The minimum Gasteiger partial charge on any atom is -0.490 e. The number of carbonyl (C=O) groups is 2. The fourth-order valence-corrected chi connectivity index (χ4v) is 2.99. The molecule has 8 nitrogen and oxygen atoms in total. The number of amides is 1. The Morgan fingerprint density at radius 2 is 2.09 bits per heavy atom. The summed E-state index contributed by atoms with van der Waals surface area (Å²) < 4.78 is 19.6. The van der Waals surface area contributed by atoms with Crippen molar-refractivity contribution in [1.82, 2.24) is 25.7 Å². The van der Waals surface area contributed by atoms with Crippen LogP contribution in [0.2, 0.25) is 0 Å². The van der Waals surface area contributed by atoms with Crippen LogP contribution < -0.4 is 15.6 Å². The molecule has 0 bridgehead atoms. The predicted octanol–water partition coefficient (Wildman–Crippen LogP) is 2.70. The molecule has 0 spiro atoms. The number of ketones is 1. The Bertz CT molecular complexity index is 905. The van der Waals surface area contributed by atoms with Crippen LogP contribution in [0.5, 0.6) is 5.75 Å². The number of carbonyl (C=O) groups excluding carboxylic acids is 2. The molecule has 0 saturated heterocycles. The van der Waals surface area contributed by atoms with Crippen molar-refractivity contribution in [2.75, 3.05) is 13.2 Å². The highest BCUT2D eigenvalue weighted by molar-refractivity contribution is 5.81. The zero-order chi connectivity index (χ0) is 22.9. The molecule has 2 N–H and O–H groups in total. The number of Topliss-reactive ketones (excluding diaryl/α,β-unsaturated/α-hetero) is 1. The molecule has 1 aliphatic rings. The Labute approximate surface area is 187 Å². The number of rotatable bonds is 14. The minimum absolute atomic E-state index is 0.0131. The summed E-state index contributed by atoms with van der Waals surface area (Å²) >= 11 is 0. The van der Waals surface area contributed by atoms with E-state index in [9.17, 15) is 14.0 Å². The molecular weight excluding hydrogens is 413 g/mol. The molecule has 1 amide bonds. The third kappa shape index (κ3) is 7.35. The van der Waals surface area contributed by atoms with Gasteiger partial charge in [0.1, 0.15) is 5.82 Å². The third-order valence-corrected chi connectivity index (χ3v) is 5.26. The Morgan fingerprint density at radius 3 is 2.75 bits per heavy atom. The first-order chi connectivity index (χ1) is 15.5. The highest BCUT2D eigenvalue weighted by atomic mass is 19.1. The zero-order valence-electron chi connectivity index (χ0n) is 18.5. The van der Waals surface area contributed by atoms with Crippen LogP contribution in [0, 0.1) is 11.7 Å². The van der Waals surface area contributed by atoms with Crippen molar-refractivity contribution in [2.24, 2.45) is 5.92 Å². The van der Waals surface area contributed by atoms with Crippen LogP contribution in [0.3, 0.4) is 0 Å². The molecule has 32 heavy (non-hydrogen) atoms. The second kappa shape index (κ2) is 11.6. The summed E-state index contributed by atoms with van der Waals surface area (Å²) in [6.07, 6.45) is 6.68. The van der Waals surface area contributed by atoms with Gasteiger partial charge in [-0.2, -0.15) is 0 Å². The fraction of sp³-hybridized carbons (Fsp3) is 0.478. The summed E-state index contributed by atoms with van der Waals surface area (Å²) in [6.45, 7) is 5.02. The SMILES string of the molecule is CCC(=O)CN(C=O)Cc1ncc(CNNC(C)c2ccc(F)c(OCC3CC3)c2)cn1. The minimum atomic E-state index is -0.348. The van der Waals surface area contributed by atoms with Gasteiger partial charge in [0.05, 0.1) is 19.7 Å². The van der Waals surface area contributed by atoms with E-state index < -0.39 is 0 Å². The number of ether oxygens (including phenoxy) is 1. The smallest absolute Gasteiger partial charge is 0.210 e. The number of hydrogen-bond acceptors (Lipinski definition) is 7. The Balaban J connectivity index is 1.46. The summed E-state index contributed by atoms with van der Waals surface area (Å²) in [5.74, 6) is 0.956. The van der Waals surface area contributed by atoms with Crippen LogP contribution in [0.25, 0.3) is 0 Å². The molecule has 3 rings (SSSR count). The van der Waals surface area contributed by atoms with E-state index in [1.54, 1.807) is 31.5 Å². The van der Waals surface area contributed by atoms with Crippen LogP contribution in [0.15, 0.2) is 30.6 Å².